The highest BCUT2D eigenvalue weighted by Gasteiger charge is 2.29. The summed E-state index contributed by atoms with van der Waals surface area (Å²) >= 11 is 0. The van der Waals surface area contributed by atoms with Crippen molar-refractivity contribution in [1.82, 2.24) is 15.5 Å². The van der Waals surface area contributed by atoms with Gasteiger partial charge in [0.15, 0.2) is 0 Å². The fourth-order valence-electron chi connectivity index (χ4n) is 4.36. The second-order valence-corrected chi connectivity index (χ2v) is 10.4. The van der Waals surface area contributed by atoms with Gasteiger partial charge >= 0.3 is 0 Å². The number of likely N-dealkylation sites (N-methyl/N-ethyl adjacent to an activating group) is 1. The largest absolute Gasteiger partial charge is 0.490 e. The molecule has 0 heterocycles. The monoisotopic (exact) mass is 537 g/mol. The number of para-hydroxylation sites is 1. The Morgan fingerprint density at radius 2 is 1.59 bits per heavy atom. The number of nitrogens with zero attached hydrogens (tertiary/aromatic N) is 1. The predicted molar refractivity (Wildman–Crippen MR) is 157 cm³/mol. The van der Waals surface area contributed by atoms with Crippen LogP contribution in [0.3, 0.4) is 0 Å². The van der Waals surface area contributed by atoms with E-state index in [4.69, 9.17) is 4.74 Å². The molecule has 39 heavy (non-hydrogen) atoms. The van der Waals surface area contributed by atoms with E-state index in [1.807, 2.05) is 62.4 Å². The van der Waals surface area contributed by atoms with Gasteiger partial charge in [-0.2, -0.15) is 0 Å². The van der Waals surface area contributed by atoms with Crippen LogP contribution < -0.4 is 15.4 Å². The molecular weight excluding hydrogens is 490 g/mol. The lowest BCUT2D eigenvalue weighted by molar-refractivity contribution is -0.142. The van der Waals surface area contributed by atoms with Gasteiger partial charge in [0.25, 0.3) is 0 Å². The van der Waals surface area contributed by atoms with E-state index in [-0.39, 0.29) is 29.7 Å². The van der Waals surface area contributed by atoms with E-state index in [1.54, 1.807) is 14.0 Å². The summed E-state index contributed by atoms with van der Waals surface area (Å²) < 4.78 is 6.04. The molecule has 0 saturated carbocycles. The summed E-state index contributed by atoms with van der Waals surface area (Å²) in [6, 6.07) is 16.2. The zero-order chi connectivity index (χ0) is 28.8. The topological polar surface area (TPSA) is 87.7 Å². The number of nitrogens with one attached hydrogen (secondary N) is 2. The molecule has 0 bridgehead atoms. The van der Waals surface area contributed by atoms with Gasteiger partial charge in [0.2, 0.25) is 17.7 Å². The van der Waals surface area contributed by atoms with Gasteiger partial charge in [-0.15, -0.1) is 0 Å². The Bertz CT molecular complexity index is 1040. The Balaban J connectivity index is 2.01. The first-order valence-corrected chi connectivity index (χ1v) is 14.3. The van der Waals surface area contributed by atoms with Gasteiger partial charge in [0.1, 0.15) is 17.8 Å². The third kappa shape index (κ3) is 10.4. The van der Waals surface area contributed by atoms with Crippen LogP contribution in [-0.2, 0) is 27.2 Å². The molecule has 2 N–H and O–H groups in total. The first-order chi connectivity index (χ1) is 18.7. The van der Waals surface area contributed by atoms with Crippen LogP contribution in [-0.4, -0.2) is 54.4 Å². The normalized spacial score (nSPS) is 14.0. The molecule has 0 spiro atoms. The van der Waals surface area contributed by atoms with Gasteiger partial charge in [-0.05, 0) is 56.7 Å². The van der Waals surface area contributed by atoms with E-state index in [2.05, 4.69) is 30.5 Å². The average Bonchev–Trinajstić information content (AvgIpc) is 2.94. The van der Waals surface area contributed by atoms with E-state index in [0.29, 0.717) is 13.0 Å². The van der Waals surface area contributed by atoms with Gasteiger partial charge in [0.05, 0.1) is 6.10 Å². The summed E-state index contributed by atoms with van der Waals surface area (Å²) in [5.41, 5.74) is 2.06. The Hall–Kier alpha value is -3.35. The maximum atomic E-state index is 13.2. The van der Waals surface area contributed by atoms with Crippen LogP contribution in [0.4, 0.5) is 0 Å². The molecule has 7 heteroatoms. The van der Waals surface area contributed by atoms with Crippen LogP contribution in [0.25, 0.3) is 0 Å². The van der Waals surface area contributed by atoms with Crippen LogP contribution in [0.5, 0.6) is 5.75 Å². The van der Waals surface area contributed by atoms with Crippen molar-refractivity contribution >= 4 is 17.7 Å². The fraction of sp³-hybridized carbons (Fsp3) is 0.531. The first kappa shape index (κ1) is 31.9. The molecule has 214 valence electrons. The lowest BCUT2D eigenvalue weighted by Gasteiger charge is -2.28. The number of carbonyl (C=O) groups excluding carboxylic acids is 3. The van der Waals surface area contributed by atoms with Gasteiger partial charge in [0, 0.05) is 25.9 Å². The van der Waals surface area contributed by atoms with E-state index < -0.39 is 12.1 Å². The Morgan fingerprint density at radius 3 is 2.26 bits per heavy atom. The van der Waals surface area contributed by atoms with Crippen molar-refractivity contribution in [2.75, 3.05) is 13.6 Å². The molecule has 3 amide bonds. The number of hydrogen-bond donors (Lipinski definition) is 2. The minimum Gasteiger partial charge on any atom is -0.490 e. The number of rotatable bonds is 16. The van der Waals surface area contributed by atoms with Crippen molar-refractivity contribution < 1.29 is 19.1 Å². The molecule has 2 rings (SSSR count). The van der Waals surface area contributed by atoms with E-state index >= 15 is 0 Å². The molecule has 0 radical (unpaired) electrons. The summed E-state index contributed by atoms with van der Waals surface area (Å²) in [7, 11) is 1.65. The highest BCUT2D eigenvalue weighted by Crippen LogP contribution is 2.21. The van der Waals surface area contributed by atoms with Crippen LogP contribution in [0.1, 0.15) is 71.4 Å². The summed E-state index contributed by atoms with van der Waals surface area (Å²) in [5.74, 6) is 0.0764. The number of benzene rings is 2. The second kappa shape index (κ2) is 16.6. The molecule has 0 fully saturated rings. The molecule has 2 aromatic rings. The van der Waals surface area contributed by atoms with Crippen molar-refractivity contribution in [3.8, 4) is 5.75 Å². The van der Waals surface area contributed by atoms with Gasteiger partial charge in [-0.25, -0.2) is 0 Å². The summed E-state index contributed by atoms with van der Waals surface area (Å²) in [4.78, 5) is 40.6. The molecule has 4 atom stereocenters. The molecule has 0 aliphatic rings. The lowest BCUT2D eigenvalue weighted by Crippen LogP contribution is -2.54. The van der Waals surface area contributed by atoms with E-state index in [1.165, 1.54) is 4.90 Å². The van der Waals surface area contributed by atoms with Crippen LogP contribution in [0.2, 0.25) is 0 Å². The lowest BCUT2D eigenvalue weighted by atomic mass is 10.0. The fourth-order valence-corrected chi connectivity index (χ4v) is 4.36. The smallest absolute Gasteiger partial charge is 0.243 e. The highest BCUT2D eigenvalue weighted by molar-refractivity contribution is 5.92. The minimum absolute atomic E-state index is 0.0684. The zero-order valence-corrected chi connectivity index (χ0v) is 24.5. The predicted octanol–water partition coefficient (Wildman–Crippen LogP) is 4.92. The first-order valence-electron chi connectivity index (χ1n) is 14.3. The van der Waals surface area contributed by atoms with Gasteiger partial charge in [-0.1, -0.05) is 75.7 Å². The van der Waals surface area contributed by atoms with Crippen molar-refractivity contribution in [2.24, 2.45) is 5.92 Å². The molecule has 0 aromatic heterocycles. The van der Waals surface area contributed by atoms with Crippen molar-refractivity contribution in [3.05, 3.63) is 65.7 Å². The summed E-state index contributed by atoms with van der Waals surface area (Å²) in [5, 5.41) is 5.90. The third-order valence-corrected chi connectivity index (χ3v) is 7.16. The number of amides is 3. The number of ether oxygens (including phenoxy) is 1. The Kier molecular flexibility index (Phi) is 13.5. The minimum atomic E-state index is -0.750. The van der Waals surface area contributed by atoms with E-state index in [9.17, 15) is 14.4 Å². The number of aryl methyl sites for hydroxylation is 1. The Labute approximate surface area is 234 Å². The number of carbonyl (C=O) groups is 3. The molecule has 2 aromatic carbocycles. The van der Waals surface area contributed by atoms with Crippen molar-refractivity contribution in [1.29, 1.82) is 0 Å². The molecule has 0 saturated heterocycles. The van der Waals surface area contributed by atoms with Crippen LogP contribution >= 0.6 is 0 Å². The van der Waals surface area contributed by atoms with E-state index in [0.717, 1.165) is 49.0 Å². The van der Waals surface area contributed by atoms with Gasteiger partial charge < -0.3 is 20.3 Å². The van der Waals surface area contributed by atoms with Crippen molar-refractivity contribution in [2.45, 2.75) is 91.3 Å². The SMILES string of the molecule is CCC[C@H](C)C(=O)N(C)[C@H](C)C(=O)N[C@H](Cc1ccccc1)C(=O)NCCCc1ccccc1O[C@H](C)CC. The maximum absolute atomic E-state index is 13.2. The highest BCUT2D eigenvalue weighted by atomic mass is 16.5. The third-order valence-electron chi connectivity index (χ3n) is 7.16. The standard InChI is InChI=1S/C32H47N3O4/c1-7-15-23(3)32(38)35(6)25(5)30(36)34-28(22-26-16-10-9-11-17-26)31(37)33-21-14-19-27-18-12-13-20-29(27)39-24(4)8-2/h9-13,16-18,20,23-25,28H,7-8,14-15,19,21-22H2,1-6H3,(H,33,37)(H,34,36)/t23-,24+,25+,28+/m0/s1. The molecular formula is C32H47N3O4. The maximum Gasteiger partial charge on any atom is 0.243 e. The quantitative estimate of drug-likeness (QED) is 0.298. The zero-order valence-electron chi connectivity index (χ0n) is 24.5. The second-order valence-electron chi connectivity index (χ2n) is 10.4. The van der Waals surface area contributed by atoms with Gasteiger partial charge in [-0.3, -0.25) is 14.4 Å². The summed E-state index contributed by atoms with van der Waals surface area (Å²) in [6.45, 7) is 10.2. The molecule has 0 aliphatic carbocycles. The molecule has 7 nitrogen and oxygen atoms in total. The van der Waals surface area contributed by atoms with Crippen molar-refractivity contribution in [3.63, 3.8) is 0 Å². The summed E-state index contributed by atoms with van der Waals surface area (Å²) in [6.07, 6.45) is 4.60. The number of hydrogen-bond acceptors (Lipinski definition) is 4. The van der Waals surface area contributed by atoms with Crippen LogP contribution in [0.15, 0.2) is 54.6 Å². The van der Waals surface area contributed by atoms with Crippen LogP contribution in [0, 0.1) is 5.92 Å². The average molecular weight is 538 g/mol. The Morgan fingerprint density at radius 1 is 0.923 bits per heavy atom. The molecule has 0 unspecified atom stereocenters. The molecule has 0 aliphatic heterocycles.